The van der Waals surface area contributed by atoms with Crippen LogP contribution in [0.4, 0.5) is 0 Å². The maximum atomic E-state index is 12.7. The van der Waals surface area contributed by atoms with Crippen molar-refractivity contribution in [1.82, 2.24) is 4.31 Å². The second-order valence-electron chi connectivity index (χ2n) is 5.61. The van der Waals surface area contributed by atoms with Crippen LogP contribution in [0.1, 0.15) is 29.5 Å². The van der Waals surface area contributed by atoms with Crippen LogP contribution in [-0.4, -0.2) is 44.1 Å². The Labute approximate surface area is 126 Å². The molecule has 0 bridgehead atoms. The highest BCUT2D eigenvalue weighted by Crippen LogP contribution is 2.25. The van der Waals surface area contributed by atoms with E-state index in [1.54, 1.807) is 20.0 Å². The molecule has 1 aromatic rings. The molecule has 1 fully saturated rings. The van der Waals surface area contributed by atoms with Gasteiger partial charge in [0.05, 0.1) is 17.6 Å². The Morgan fingerprint density at radius 1 is 1.38 bits per heavy atom. The summed E-state index contributed by atoms with van der Waals surface area (Å²) >= 11 is 0. The Kier molecular flexibility index (Phi) is 5.03. The monoisotopic (exact) mass is 313 g/mol. The molecule has 0 aliphatic carbocycles. The van der Waals surface area contributed by atoms with E-state index in [0.717, 1.165) is 24.0 Å². The zero-order valence-electron chi connectivity index (χ0n) is 12.8. The molecule has 2 rings (SSSR count). The van der Waals surface area contributed by atoms with Gasteiger partial charge in [0, 0.05) is 20.2 Å². The van der Waals surface area contributed by atoms with Crippen molar-refractivity contribution in [2.24, 2.45) is 0 Å². The van der Waals surface area contributed by atoms with Crippen molar-refractivity contribution < 1.29 is 18.3 Å². The number of hydrogen-bond donors (Lipinski definition) is 1. The quantitative estimate of drug-likeness (QED) is 0.896. The van der Waals surface area contributed by atoms with Crippen LogP contribution in [0, 0.1) is 13.8 Å². The fraction of sp³-hybridized carbons (Fsp3) is 0.600. The topological polar surface area (TPSA) is 66.8 Å². The molecule has 0 radical (unpaired) electrons. The van der Waals surface area contributed by atoms with Gasteiger partial charge in [0.1, 0.15) is 0 Å². The fourth-order valence-electron chi connectivity index (χ4n) is 2.60. The van der Waals surface area contributed by atoms with Crippen LogP contribution in [0.2, 0.25) is 0 Å². The van der Waals surface area contributed by atoms with Crippen LogP contribution >= 0.6 is 0 Å². The number of sulfonamides is 1. The maximum absolute atomic E-state index is 12.7. The van der Waals surface area contributed by atoms with Crippen LogP contribution in [0.15, 0.2) is 17.0 Å². The number of benzene rings is 1. The Morgan fingerprint density at radius 2 is 2.10 bits per heavy atom. The minimum absolute atomic E-state index is 0.0211. The lowest BCUT2D eigenvalue weighted by molar-refractivity contribution is 0.0979. The second kappa shape index (κ2) is 6.44. The molecule has 1 saturated heterocycles. The first kappa shape index (κ1) is 16.4. The van der Waals surface area contributed by atoms with Gasteiger partial charge in [0.2, 0.25) is 10.0 Å². The van der Waals surface area contributed by atoms with Crippen molar-refractivity contribution in [2.75, 3.05) is 20.2 Å². The van der Waals surface area contributed by atoms with Crippen molar-refractivity contribution in [1.29, 1.82) is 0 Å². The molecule has 1 aliphatic heterocycles. The zero-order valence-corrected chi connectivity index (χ0v) is 13.6. The zero-order chi connectivity index (χ0) is 15.6. The number of likely N-dealkylation sites (N-methyl/N-ethyl adjacent to an activating group) is 1. The van der Waals surface area contributed by atoms with Crippen LogP contribution in [0.5, 0.6) is 0 Å². The molecule has 1 aliphatic rings. The Bertz CT molecular complexity index is 606. The predicted molar refractivity (Wildman–Crippen MR) is 80.6 cm³/mol. The van der Waals surface area contributed by atoms with Gasteiger partial charge in [0.15, 0.2) is 0 Å². The highest BCUT2D eigenvalue weighted by Gasteiger charge is 2.27. The first-order chi connectivity index (χ1) is 9.86. The number of ether oxygens (including phenoxy) is 1. The minimum Gasteiger partial charge on any atom is -0.392 e. The Hall–Kier alpha value is -0.950. The number of aliphatic hydroxyl groups excluding tert-OH is 1. The van der Waals surface area contributed by atoms with Crippen LogP contribution in [0.25, 0.3) is 0 Å². The van der Waals surface area contributed by atoms with Crippen molar-refractivity contribution in [2.45, 2.75) is 44.3 Å². The van der Waals surface area contributed by atoms with Gasteiger partial charge >= 0.3 is 0 Å². The highest BCUT2D eigenvalue weighted by molar-refractivity contribution is 7.89. The molecule has 0 saturated carbocycles. The normalized spacial score (nSPS) is 19.4. The fourth-order valence-corrected chi connectivity index (χ4v) is 4.15. The summed E-state index contributed by atoms with van der Waals surface area (Å²) in [6.07, 6.45) is 1.86. The molecule has 5 nitrogen and oxygen atoms in total. The van der Waals surface area contributed by atoms with E-state index in [9.17, 15) is 13.5 Å². The molecule has 0 aromatic heterocycles. The predicted octanol–water partition coefficient (Wildman–Crippen LogP) is 1.60. The SMILES string of the molecule is Cc1cc(CO)cc(S(=O)(=O)N(C)CC2CCCO2)c1C. The lowest BCUT2D eigenvalue weighted by Gasteiger charge is -2.22. The third-order valence-corrected chi connectivity index (χ3v) is 5.98. The largest absolute Gasteiger partial charge is 0.392 e. The van der Waals surface area contributed by atoms with Crippen molar-refractivity contribution >= 4 is 10.0 Å². The average molecular weight is 313 g/mol. The summed E-state index contributed by atoms with van der Waals surface area (Å²) in [7, 11) is -1.99. The number of aryl methyl sites for hydroxylation is 1. The molecule has 1 N–H and O–H groups in total. The summed E-state index contributed by atoms with van der Waals surface area (Å²) in [6, 6.07) is 3.37. The van der Waals surface area contributed by atoms with Gasteiger partial charge in [-0.1, -0.05) is 6.07 Å². The van der Waals surface area contributed by atoms with Gasteiger partial charge in [-0.15, -0.1) is 0 Å². The van der Waals surface area contributed by atoms with Crippen molar-refractivity contribution in [3.63, 3.8) is 0 Å². The van der Waals surface area contributed by atoms with Gasteiger partial charge in [-0.3, -0.25) is 0 Å². The van der Waals surface area contributed by atoms with E-state index >= 15 is 0 Å². The van der Waals surface area contributed by atoms with E-state index in [1.807, 2.05) is 13.0 Å². The smallest absolute Gasteiger partial charge is 0.243 e. The Balaban J connectivity index is 2.31. The van der Waals surface area contributed by atoms with E-state index in [4.69, 9.17) is 4.74 Å². The van der Waals surface area contributed by atoms with E-state index < -0.39 is 10.0 Å². The highest BCUT2D eigenvalue weighted by atomic mass is 32.2. The van der Waals surface area contributed by atoms with Crippen molar-refractivity contribution in [3.05, 3.63) is 28.8 Å². The molecule has 1 atom stereocenters. The summed E-state index contributed by atoms with van der Waals surface area (Å²) < 4.78 is 32.4. The first-order valence-corrected chi connectivity index (χ1v) is 8.59. The Morgan fingerprint density at radius 3 is 2.67 bits per heavy atom. The molecular weight excluding hydrogens is 290 g/mol. The summed E-state index contributed by atoms with van der Waals surface area (Å²) in [5, 5.41) is 9.28. The molecule has 1 unspecified atom stereocenters. The van der Waals surface area contributed by atoms with Gasteiger partial charge in [-0.25, -0.2) is 8.42 Å². The third-order valence-electron chi connectivity index (χ3n) is 4.04. The number of nitrogens with zero attached hydrogens (tertiary/aromatic N) is 1. The van der Waals surface area contributed by atoms with Gasteiger partial charge in [0.25, 0.3) is 0 Å². The van der Waals surface area contributed by atoms with Gasteiger partial charge in [-0.05, 0) is 49.4 Å². The van der Waals surface area contributed by atoms with Crippen LogP contribution in [-0.2, 0) is 21.4 Å². The number of rotatable bonds is 5. The third kappa shape index (κ3) is 3.45. The molecule has 0 spiro atoms. The lowest BCUT2D eigenvalue weighted by Crippen LogP contribution is -2.34. The molecule has 21 heavy (non-hydrogen) atoms. The molecule has 6 heteroatoms. The second-order valence-corrected chi connectivity index (χ2v) is 7.63. The van der Waals surface area contributed by atoms with E-state index in [2.05, 4.69) is 0 Å². The van der Waals surface area contributed by atoms with Crippen molar-refractivity contribution in [3.8, 4) is 0 Å². The number of aliphatic hydroxyl groups is 1. The molecule has 1 heterocycles. The summed E-state index contributed by atoms with van der Waals surface area (Å²) in [5.74, 6) is 0. The first-order valence-electron chi connectivity index (χ1n) is 7.15. The molecule has 0 amide bonds. The minimum atomic E-state index is -3.57. The van der Waals surface area contributed by atoms with Crippen LogP contribution in [0.3, 0.4) is 0 Å². The number of hydrogen-bond acceptors (Lipinski definition) is 4. The van der Waals surface area contributed by atoms with Gasteiger partial charge in [-0.2, -0.15) is 4.31 Å². The summed E-state index contributed by atoms with van der Waals surface area (Å²) in [4.78, 5) is 0.270. The maximum Gasteiger partial charge on any atom is 0.243 e. The van der Waals surface area contributed by atoms with Crippen LogP contribution < -0.4 is 0 Å². The molecule has 118 valence electrons. The van der Waals surface area contributed by atoms with E-state index in [1.165, 1.54) is 4.31 Å². The standard InChI is InChI=1S/C15H23NO4S/c1-11-7-13(10-17)8-15(12(11)2)21(18,19)16(3)9-14-5-4-6-20-14/h7-8,14,17H,4-6,9-10H2,1-3H3. The average Bonchev–Trinajstić information content (AvgIpc) is 2.94. The molecule has 1 aromatic carbocycles. The van der Waals surface area contributed by atoms with Gasteiger partial charge < -0.3 is 9.84 Å². The molecular formula is C15H23NO4S. The lowest BCUT2D eigenvalue weighted by atomic mass is 10.1. The van der Waals surface area contributed by atoms with E-state index in [0.29, 0.717) is 18.7 Å². The summed E-state index contributed by atoms with van der Waals surface area (Å²) in [6.45, 7) is 4.55. The van der Waals surface area contributed by atoms with E-state index in [-0.39, 0.29) is 17.6 Å². The summed E-state index contributed by atoms with van der Waals surface area (Å²) in [5.41, 5.74) is 2.21.